The number of nitrogens with zero attached hydrogens (tertiary/aromatic N) is 3. The summed E-state index contributed by atoms with van der Waals surface area (Å²) in [6.07, 6.45) is 3.32. The van der Waals surface area contributed by atoms with E-state index in [0.29, 0.717) is 5.56 Å². The third-order valence-electron chi connectivity index (χ3n) is 4.74. The highest BCUT2D eigenvalue weighted by Gasteiger charge is 2.18. The Morgan fingerprint density at radius 2 is 1.89 bits per heavy atom. The number of rotatable bonds is 4. The Morgan fingerprint density at radius 1 is 1.14 bits per heavy atom. The number of anilines is 2. The van der Waals surface area contributed by atoms with Gasteiger partial charge in [-0.05, 0) is 43.2 Å². The van der Waals surface area contributed by atoms with Gasteiger partial charge in [0.05, 0.1) is 23.8 Å². The highest BCUT2D eigenvalue weighted by atomic mass is 32.1. The van der Waals surface area contributed by atoms with Crippen molar-refractivity contribution in [2.75, 3.05) is 36.5 Å². The standard InChI is InChI=1S/C21H22N4O2S/c1-14-13-22-8-7-18(14)20(26)24-17-5-3-16(4-6-17)19-15(2)23-21(28-19)25-9-11-27-12-10-25/h3-8,13H,9-12H2,1-2H3,(H,24,26). The summed E-state index contributed by atoms with van der Waals surface area (Å²) in [5, 5.41) is 3.99. The van der Waals surface area contributed by atoms with Crippen LogP contribution in [0.2, 0.25) is 0 Å². The second-order valence-electron chi connectivity index (χ2n) is 6.73. The maximum Gasteiger partial charge on any atom is 0.256 e. The van der Waals surface area contributed by atoms with E-state index in [2.05, 4.69) is 15.2 Å². The highest BCUT2D eigenvalue weighted by molar-refractivity contribution is 7.19. The first kappa shape index (κ1) is 18.6. The van der Waals surface area contributed by atoms with E-state index in [1.54, 1.807) is 29.8 Å². The number of nitrogens with one attached hydrogen (secondary N) is 1. The average Bonchev–Trinajstić information content (AvgIpc) is 3.11. The quantitative estimate of drug-likeness (QED) is 0.727. The summed E-state index contributed by atoms with van der Waals surface area (Å²) in [4.78, 5) is 24.7. The van der Waals surface area contributed by atoms with Crippen molar-refractivity contribution in [2.45, 2.75) is 13.8 Å². The number of aromatic nitrogens is 2. The molecular formula is C21H22N4O2S. The van der Waals surface area contributed by atoms with Crippen molar-refractivity contribution in [1.82, 2.24) is 9.97 Å². The molecule has 1 N–H and O–H groups in total. The minimum absolute atomic E-state index is 0.128. The first-order valence-corrected chi connectivity index (χ1v) is 10.1. The molecule has 0 bridgehead atoms. The molecule has 0 unspecified atom stereocenters. The number of ether oxygens (including phenoxy) is 1. The lowest BCUT2D eigenvalue weighted by molar-refractivity contribution is 0.102. The molecule has 1 fully saturated rings. The van der Waals surface area contributed by atoms with Crippen molar-refractivity contribution < 1.29 is 9.53 Å². The summed E-state index contributed by atoms with van der Waals surface area (Å²) in [6.45, 7) is 7.18. The van der Waals surface area contributed by atoms with Gasteiger partial charge in [-0.15, -0.1) is 0 Å². The summed E-state index contributed by atoms with van der Waals surface area (Å²) < 4.78 is 5.42. The summed E-state index contributed by atoms with van der Waals surface area (Å²) in [7, 11) is 0. The molecule has 2 aromatic heterocycles. The molecule has 4 rings (SSSR count). The predicted molar refractivity (Wildman–Crippen MR) is 112 cm³/mol. The van der Waals surface area contributed by atoms with Crippen molar-refractivity contribution in [3.05, 3.63) is 59.5 Å². The van der Waals surface area contributed by atoms with Gasteiger partial charge in [0.1, 0.15) is 0 Å². The Labute approximate surface area is 168 Å². The number of benzene rings is 1. The molecule has 144 valence electrons. The molecule has 1 aliphatic heterocycles. The van der Waals surface area contributed by atoms with Crippen LogP contribution in [-0.4, -0.2) is 42.2 Å². The Kier molecular flexibility index (Phi) is 5.36. The van der Waals surface area contributed by atoms with E-state index in [9.17, 15) is 4.79 Å². The average molecular weight is 395 g/mol. The lowest BCUT2D eigenvalue weighted by Crippen LogP contribution is -2.36. The van der Waals surface area contributed by atoms with Crippen LogP contribution >= 0.6 is 11.3 Å². The number of hydrogen-bond donors (Lipinski definition) is 1. The largest absolute Gasteiger partial charge is 0.378 e. The third kappa shape index (κ3) is 3.90. The van der Waals surface area contributed by atoms with Crippen LogP contribution in [0.4, 0.5) is 10.8 Å². The number of carbonyl (C=O) groups excluding carboxylic acids is 1. The minimum Gasteiger partial charge on any atom is -0.378 e. The fourth-order valence-electron chi connectivity index (χ4n) is 3.17. The number of aryl methyl sites for hydroxylation is 2. The molecule has 1 aliphatic rings. The van der Waals surface area contributed by atoms with Crippen molar-refractivity contribution in [2.24, 2.45) is 0 Å². The second kappa shape index (κ2) is 8.08. The van der Waals surface area contributed by atoms with Gasteiger partial charge in [0.25, 0.3) is 5.91 Å². The zero-order valence-corrected chi connectivity index (χ0v) is 16.8. The Balaban J connectivity index is 1.50. The SMILES string of the molecule is Cc1cnccc1C(=O)Nc1ccc(-c2sc(N3CCOCC3)nc2C)cc1. The number of thiazole rings is 1. The molecule has 1 amide bonds. The normalized spacial score (nSPS) is 14.1. The number of carbonyl (C=O) groups is 1. The minimum atomic E-state index is -0.128. The molecule has 6 nitrogen and oxygen atoms in total. The number of morpholine rings is 1. The first-order valence-electron chi connectivity index (χ1n) is 9.24. The Morgan fingerprint density at radius 3 is 2.61 bits per heavy atom. The fraction of sp³-hybridized carbons (Fsp3) is 0.286. The van der Waals surface area contributed by atoms with Gasteiger partial charge < -0.3 is 15.0 Å². The van der Waals surface area contributed by atoms with E-state index in [1.807, 2.05) is 38.1 Å². The molecule has 0 radical (unpaired) electrons. The van der Waals surface area contributed by atoms with Gasteiger partial charge in [-0.2, -0.15) is 0 Å². The lowest BCUT2D eigenvalue weighted by Gasteiger charge is -2.26. The van der Waals surface area contributed by atoms with Crippen LogP contribution in [0.15, 0.2) is 42.7 Å². The van der Waals surface area contributed by atoms with Crippen LogP contribution in [0.5, 0.6) is 0 Å². The summed E-state index contributed by atoms with van der Waals surface area (Å²) in [5.74, 6) is -0.128. The van der Waals surface area contributed by atoms with Gasteiger partial charge in [0.2, 0.25) is 0 Å². The van der Waals surface area contributed by atoms with Crippen LogP contribution in [0, 0.1) is 13.8 Å². The van der Waals surface area contributed by atoms with Crippen LogP contribution in [0.3, 0.4) is 0 Å². The topological polar surface area (TPSA) is 67.4 Å². The smallest absolute Gasteiger partial charge is 0.256 e. The maximum absolute atomic E-state index is 12.5. The zero-order chi connectivity index (χ0) is 19.5. The highest BCUT2D eigenvalue weighted by Crippen LogP contribution is 2.35. The van der Waals surface area contributed by atoms with Crippen molar-refractivity contribution in [3.63, 3.8) is 0 Å². The van der Waals surface area contributed by atoms with Crippen LogP contribution in [-0.2, 0) is 4.74 Å². The molecule has 0 spiro atoms. The molecule has 1 saturated heterocycles. The summed E-state index contributed by atoms with van der Waals surface area (Å²) in [6, 6.07) is 9.64. The molecule has 28 heavy (non-hydrogen) atoms. The van der Waals surface area contributed by atoms with Crippen LogP contribution in [0.25, 0.3) is 10.4 Å². The molecular weight excluding hydrogens is 372 g/mol. The molecule has 7 heteroatoms. The molecule has 3 heterocycles. The monoisotopic (exact) mass is 394 g/mol. The second-order valence-corrected chi connectivity index (χ2v) is 7.71. The number of amides is 1. The number of pyridine rings is 1. The molecule has 3 aromatic rings. The van der Waals surface area contributed by atoms with Crippen molar-refractivity contribution in [3.8, 4) is 10.4 Å². The van der Waals surface area contributed by atoms with E-state index in [0.717, 1.165) is 58.8 Å². The lowest BCUT2D eigenvalue weighted by atomic mass is 10.1. The van der Waals surface area contributed by atoms with Gasteiger partial charge in [-0.25, -0.2) is 4.98 Å². The summed E-state index contributed by atoms with van der Waals surface area (Å²) in [5.41, 5.74) is 4.38. The molecule has 0 saturated carbocycles. The van der Waals surface area contributed by atoms with E-state index in [4.69, 9.17) is 9.72 Å². The van der Waals surface area contributed by atoms with Crippen LogP contribution < -0.4 is 10.2 Å². The third-order valence-corrected chi connectivity index (χ3v) is 6.00. The van der Waals surface area contributed by atoms with Gasteiger partial charge in [0, 0.05) is 36.7 Å². The summed E-state index contributed by atoms with van der Waals surface area (Å²) >= 11 is 1.70. The first-order chi connectivity index (χ1) is 13.6. The Hall–Kier alpha value is -2.77. The van der Waals surface area contributed by atoms with E-state index < -0.39 is 0 Å². The molecule has 0 aliphatic carbocycles. The maximum atomic E-state index is 12.5. The zero-order valence-electron chi connectivity index (χ0n) is 15.9. The molecule has 0 atom stereocenters. The van der Waals surface area contributed by atoms with Gasteiger partial charge in [-0.1, -0.05) is 23.5 Å². The van der Waals surface area contributed by atoms with Gasteiger partial charge in [-0.3, -0.25) is 9.78 Å². The van der Waals surface area contributed by atoms with Crippen molar-refractivity contribution in [1.29, 1.82) is 0 Å². The van der Waals surface area contributed by atoms with Gasteiger partial charge >= 0.3 is 0 Å². The van der Waals surface area contributed by atoms with E-state index in [1.165, 1.54) is 0 Å². The van der Waals surface area contributed by atoms with Crippen molar-refractivity contribution >= 4 is 28.1 Å². The van der Waals surface area contributed by atoms with Gasteiger partial charge in [0.15, 0.2) is 5.13 Å². The number of hydrogen-bond acceptors (Lipinski definition) is 6. The predicted octanol–water partition coefficient (Wildman–Crippen LogP) is 3.91. The van der Waals surface area contributed by atoms with Crippen LogP contribution in [0.1, 0.15) is 21.6 Å². The van der Waals surface area contributed by atoms with E-state index in [-0.39, 0.29) is 5.91 Å². The molecule has 1 aromatic carbocycles. The van der Waals surface area contributed by atoms with E-state index >= 15 is 0 Å². The fourth-order valence-corrected chi connectivity index (χ4v) is 4.30. The Bertz CT molecular complexity index is 978.